The fourth-order valence-corrected chi connectivity index (χ4v) is 4.19. The first-order valence-corrected chi connectivity index (χ1v) is 8.14. The van der Waals surface area contributed by atoms with Crippen LogP contribution >= 0.6 is 0 Å². The van der Waals surface area contributed by atoms with Crippen LogP contribution in [0.2, 0.25) is 0 Å². The second-order valence-corrected chi connectivity index (χ2v) is 7.30. The predicted molar refractivity (Wildman–Crippen MR) is 88.3 cm³/mol. The normalized spacial score (nSPS) is 21.8. The van der Waals surface area contributed by atoms with Gasteiger partial charge in [-0.15, -0.1) is 0 Å². The lowest BCUT2D eigenvalue weighted by atomic mass is 9.66. The van der Waals surface area contributed by atoms with E-state index in [0.717, 1.165) is 41.6 Å². The topological polar surface area (TPSA) is 57.2 Å². The van der Waals surface area contributed by atoms with E-state index in [2.05, 4.69) is 36.3 Å². The van der Waals surface area contributed by atoms with E-state index in [1.807, 2.05) is 0 Å². The van der Waals surface area contributed by atoms with Crippen LogP contribution in [0, 0.1) is 11.2 Å². The molecular formula is C18H20FN3O. The minimum atomic E-state index is -0.406. The third kappa shape index (κ3) is 1.95. The quantitative estimate of drug-likeness (QED) is 0.863. The molecule has 1 amide bonds. The Morgan fingerprint density at radius 2 is 2.17 bits per heavy atom. The largest absolute Gasteiger partial charge is 0.357 e. The lowest BCUT2D eigenvalue weighted by molar-refractivity contribution is 0.0956. The number of carbonyl (C=O) groups excluding carboxylic acids is 1. The summed E-state index contributed by atoms with van der Waals surface area (Å²) in [5.74, 6) is -0.406. The van der Waals surface area contributed by atoms with Crippen molar-refractivity contribution in [2.75, 3.05) is 0 Å². The van der Waals surface area contributed by atoms with E-state index in [1.54, 1.807) is 0 Å². The Bertz CT molecular complexity index is 863. The van der Waals surface area contributed by atoms with Crippen molar-refractivity contribution in [3.8, 4) is 0 Å². The molecule has 0 saturated heterocycles. The summed E-state index contributed by atoms with van der Waals surface area (Å²) in [6, 6.07) is 2.78. The first-order valence-electron chi connectivity index (χ1n) is 8.14. The van der Waals surface area contributed by atoms with E-state index in [4.69, 9.17) is 0 Å². The second kappa shape index (κ2) is 4.66. The molecule has 1 aromatic heterocycles. The molecule has 2 heterocycles. The van der Waals surface area contributed by atoms with Crippen LogP contribution in [-0.2, 0) is 0 Å². The molecule has 23 heavy (non-hydrogen) atoms. The van der Waals surface area contributed by atoms with Crippen LogP contribution in [0.4, 0.5) is 4.39 Å². The van der Waals surface area contributed by atoms with Gasteiger partial charge in [0.25, 0.3) is 5.91 Å². The highest BCUT2D eigenvalue weighted by molar-refractivity contribution is 6.21. The Balaban J connectivity index is 2.10. The molecule has 120 valence electrons. The van der Waals surface area contributed by atoms with E-state index in [1.165, 1.54) is 12.1 Å². The zero-order chi connectivity index (χ0) is 16.4. The summed E-state index contributed by atoms with van der Waals surface area (Å²) in [5.41, 5.74) is 6.67. The lowest BCUT2D eigenvalue weighted by Gasteiger charge is -2.39. The van der Waals surface area contributed by atoms with Gasteiger partial charge in [0.1, 0.15) is 5.82 Å². The van der Waals surface area contributed by atoms with Gasteiger partial charge in [-0.2, -0.15) is 5.10 Å². The Labute approximate surface area is 134 Å². The van der Waals surface area contributed by atoms with E-state index in [0.29, 0.717) is 17.0 Å². The minimum absolute atomic E-state index is 0.0382. The van der Waals surface area contributed by atoms with E-state index in [-0.39, 0.29) is 11.3 Å². The molecule has 0 radical (unpaired) electrons. The average molecular weight is 313 g/mol. The number of halogens is 1. The van der Waals surface area contributed by atoms with Gasteiger partial charge < -0.3 is 4.98 Å². The number of nitrogens with zero attached hydrogens (tertiary/aromatic N) is 1. The fraction of sp³-hybridized carbons (Fsp3) is 0.444. The van der Waals surface area contributed by atoms with Crippen molar-refractivity contribution in [1.82, 2.24) is 10.4 Å². The molecule has 2 N–H and O–H groups in total. The van der Waals surface area contributed by atoms with Crippen molar-refractivity contribution < 1.29 is 9.18 Å². The number of hydrogen-bond donors (Lipinski definition) is 2. The SMILES string of the molecule is CCCC1c2[nH]c3cc(F)cc4c3c2C(=NNC4=O)CC1(C)C. The smallest absolute Gasteiger partial charge is 0.272 e. The number of carbonyl (C=O) groups is 1. The van der Waals surface area contributed by atoms with Crippen molar-refractivity contribution in [3.63, 3.8) is 0 Å². The van der Waals surface area contributed by atoms with Gasteiger partial charge in [0.05, 0.1) is 16.8 Å². The van der Waals surface area contributed by atoms with Crippen LogP contribution in [0.15, 0.2) is 17.2 Å². The van der Waals surface area contributed by atoms with Crippen molar-refractivity contribution in [3.05, 3.63) is 34.8 Å². The number of hydrazone groups is 1. The Morgan fingerprint density at radius 1 is 1.39 bits per heavy atom. The number of hydrogen-bond acceptors (Lipinski definition) is 2. The molecule has 0 spiro atoms. The molecule has 5 heteroatoms. The molecule has 0 fully saturated rings. The Kier molecular flexibility index (Phi) is 2.92. The van der Waals surface area contributed by atoms with Crippen LogP contribution in [0.3, 0.4) is 0 Å². The molecule has 1 aliphatic heterocycles. The van der Waals surface area contributed by atoms with E-state index < -0.39 is 5.82 Å². The van der Waals surface area contributed by atoms with Gasteiger partial charge in [0.15, 0.2) is 0 Å². The van der Waals surface area contributed by atoms with Crippen molar-refractivity contribution in [2.45, 2.75) is 46.0 Å². The van der Waals surface area contributed by atoms with Crippen molar-refractivity contribution in [2.24, 2.45) is 10.5 Å². The number of H-pyrrole nitrogens is 1. The summed E-state index contributed by atoms with van der Waals surface area (Å²) < 4.78 is 13.9. The summed E-state index contributed by atoms with van der Waals surface area (Å²) in [6.45, 7) is 6.65. The zero-order valence-electron chi connectivity index (χ0n) is 13.6. The number of aromatic amines is 1. The summed E-state index contributed by atoms with van der Waals surface area (Å²) in [4.78, 5) is 15.7. The molecule has 1 unspecified atom stereocenters. The second-order valence-electron chi connectivity index (χ2n) is 7.30. The average Bonchev–Trinajstić information content (AvgIpc) is 2.79. The van der Waals surface area contributed by atoms with Gasteiger partial charge in [-0.1, -0.05) is 27.2 Å². The summed E-state index contributed by atoms with van der Waals surface area (Å²) in [7, 11) is 0. The molecule has 4 nitrogen and oxygen atoms in total. The predicted octanol–water partition coefficient (Wildman–Crippen LogP) is 4.07. The molecule has 0 saturated carbocycles. The van der Waals surface area contributed by atoms with Gasteiger partial charge in [-0.25, -0.2) is 9.82 Å². The van der Waals surface area contributed by atoms with Crippen LogP contribution < -0.4 is 5.43 Å². The van der Waals surface area contributed by atoms with Crippen molar-refractivity contribution >= 4 is 22.5 Å². The highest BCUT2D eigenvalue weighted by atomic mass is 19.1. The molecule has 1 aliphatic carbocycles. The molecule has 1 aromatic carbocycles. The van der Waals surface area contributed by atoms with Crippen LogP contribution in [0.1, 0.15) is 67.6 Å². The van der Waals surface area contributed by atoms with Gasteiger partial charge in [-0.3, -0.25) is 4.79 Å². The van der Waals surface area contributed by atoms with Gasteiger partial charge in [0, 0.05) is 22.6 Å². The highest BCUT2D eigenvalue weighted by Crippen LogP contribution is 2.49. The van der Waals surface area contributed by atoms with Crippen molar-refractivity contribution in [1.29, 1.82) is 0 Å². The van der Waals surface area contributed by atoms with Crippen LogP contribution in [0.25, 0.3) is 10.9 Å². The maximum Gasteiger partial charge on any atom is 0.272 e. The highest BCUT2D eigenvalue weighted by Gasteiger charge is 2.42. The maximum atomic E-state index is 13.9. The standard InChI is InChI=1S/C18H20FN3O/c1-4-5-11-16-15-13(8-18(11,2)3)21-22-17(23)10-6-9(19)7-12(20-16)14(10)15/h6-7,11,20H,4-5,8H2,1-3H3,(H,22,23). The van der Waals surface area contributed by atoms with Gasteiger partial charge in [0.2, 0.25) is 0 Å². The number of nitrogens with one attached hydrogen (secondary N) is 2. The fourth-order valence-electron chi connectivity index (χ4n) is 4.19. The van der Waals surface area contributed by atoms with E-state index in [9.17, 15) is 9.18 Å². The first-order chi connectivity index (χ1) is 10.9. The Hall–Kier alpha value is -2.17. The maximum absolute atomic E-state index is 13.9. The van der Waals surface area contributed by atoms with Gasteiger partial charge in [-0.05, 0) is 30.4 Å². The molecular weight excluding hydrogens is 293 g/mol. The molecule has 0 bridgehead atoms. The number of aromatic nitrogens is 1. The molecule has 4 rings (SSSR count). The minimum Gasteiger partial charge on any atom is -0.357 e. The zero-order valence-corrected chi connectivity index (χ0v) is 13.6. The first kappa shape index (κ1) is 14.4. The molecule has 1 atom stereocenters. The number of benzene rings is 1. The number of rotatable bonds is 2. The van der Waals surface area contributed by atoms with Crippen LogP contribution in [0.5, 0.6) is 0 Å². The van der Waals surface area contributed by atoms with E-state index >= 15 is 0 Å². The summed E-state index contributed by atoms with van der Waals surface area (Å²) >= 11 is 0. The third-order valence-corrected chi connectivity index (χ3v) is 5.21. The van der Waals surface area contributed by atoms with Gasteiger partial charge >= 0.3 is 0 Å². The van der Waals surface area contributed by atoms with Crippen LogP contribution in [-0.4, -0.2) is 16.6 Å². The number of amides is 1. The Morgan fingerprint density at radius 3 is 2.91 bits per heavy atom. The molecule has 2 aromatic rings. The lowest BCUT2D eigenvalue weighted by Crippen LogP contribution is -2.33. The molecule has 2 aliphatic rings. The third-order valence-electron chi connectivity index (χ3n) is 5.21. The summed E-state index contributed by atoms with van der Waals surface area (Å²) in [5, 5.41) is 5.15. The monoisotopic (exact) mass is 313 g/mol. The summed E-state index contributed by atoms with van der Waals surface area (Å²) in [6.07, 6.45) is 2.93.